The molecular weight excluding hydrogens is 228 g/mol. The molecular formula is C10H13BrN2. The minimum atomic E-state index is 0.866. The Bertz CT molecular complexity index is 355. The van der Waals surface area contributed by atoms with E-state index < -0.39 is 0 Å². The Balaban J connectivity index is 2.76. The molecule has 0 unspecified atom stereocenters. The summed E-state index contributed by atoms with van der Waals surface area (Å²) in [5.41, 5.74) is 2.22. The molecule has 0 N–H and O–H groups in total. The number of aryl methyl sites for hydroxylation is 2. The van der Waals surface area contributed by atoms with Gasteiger partial charge in [0.25, 0.3) is 0 Å². The molecule has 0 aliphatic rings. The fourth-order valence-corrected chi connectivity index (χ4v) is 1.46. The maximum atomic E-state index is 4.38. The van der Waals surface area contributed by atoms with Crippen LogP contribution in [0.5, 0.6) is 0 Å². The van der Waals surface area contributed by atoms with Crippen molar-refractivity contribution in [2.24, 2.45) is 0 Å². The van der Waals surface area contributed by atoms with Crippen LogP contribution in [0.2, 0.25) is 0 Å². The lowest BCUT2D eigenvalue weighted by Crippen LogP contribution is -2.01. The van der Waals surface area contributed by atoms with Crippen LogP contribution in [0, 0.1) is 25.7 Å². The van der Waals surface area contributed by atoms with Crippen molar-refractivity contribution in [2.45, 2.75) is 33.7 Å². The number of halogens is 1. The van der Waals surface area contributed by atoms with Gasteiger partial charge in [0.05, 0.1) is 16.7 Å². The van der Waals surface area contributed by atoms with Gasteiger partial charge in [-0.3, -0.25) is 4.68 Å². The Labute approximate surface area is 87.5 Å². The van der Waals surface area contributed by atoms with E-state index >= 15 is 0 Å². The molecule has 0 spiro atoms. The molecule has 0 fully saturated rings. The number of hydrogen-bond donors (Lipinski definition) is 0. The molecule has 3 heteroatoms. The lowest BCUT2D eigenvalue weighted by Gasteiger charge is -1.99. The fraction of sp³-hybridized carbons (Fsp3) is 0.500. The molecule has 0 saturated heterocycles. The Hall–Kier alpha value is -0.750. The zero-order valence-electron chi connectivity index (χ0n) is 8.19. The number of nitrogens with zero attached hydrogens (tertiary/aromatic N) is 2. The molecule has 0 atom stereocenters. The first-order valence-electron chi connectivity index (χ1n) is 4.26. The number of aromatic nitrogens is 2. The molecule has 1 heterocycles. The first-order chi connectivity index (χ1) is 6.16. The third kappa shape index (κ3) is 2.35. The molecule has 0 aliphatic carbocycles. The van der Waals surface area contributed by atoms with Gasteiger partial charge in [-0.1, -0.05) is 0 Å². The summed E-state index contributed by atoms with van der Waals surface area (Å²) in [6.07, 6.45) is 0.866. The molecule has 0 aromatic carbocycles. The molecule has 13 heavy (non-hydrogen) atoms. The van der Waals surface area contributed by atoms with Gasteiger partial charge >= 0.3 is 0 Å². The first kappa shape index (κ1) is 10.3. The first-order valence-corrected chi connectivity index (χ1v) is 5.05. The van der Waals surface area contributed by atoms with Gasteiger partial charge in [-0.05, 0) is 36.7 Å². The van der Waals surface area contributed by atoms with Gasteiger partial charge in [-0.25, -0.2) is 0 Å². The molecule has 1 aromatic rings. The highest BCUT2D eigenvalue weighted by Crippen LogP contribution is 2.19. The lowest BCUT2D eigenvalue weighted by molar-refractivity contribution is 0.607. The average molecular weight is 241 g/mol. The van der Waals surface area contributed by atoms with Crippen molar-refractivity contribution in [3.05, 3.63) is 15.9 Å². The van der Waals surface area contributed by atoms with E-state index in [1.807, 2.05) is 18.5 Å². The minimum Gasteiger partial charge on any atom is -0.267 e. The average Bonchev–Trinajstić information content (AvgIpc) is 2.34. The summed E-state index contributed by atoms with van der Waals surface area (Å²) >= 11 is 3.49. The van der Waals surface area contributed by atoms with E-state index in [9.17, 15) is 0 Å². The SMILES string of the molecule is CC#CCCn1nc(C)c(Br)c1C. The van der Waals surface area contributed by atoms with Crippen molar-refractivity contribution in [1.82, 2.24) is 9.78 Å². The van der Waals surface area contributed by atoms with Gasteiger partial charge in [0, 0.05) is 12.1 Å². The summed E-state index contributed by atoms with van der Waals surface area (Å²) < 4.78 is 3.10. The molecule has 2 nitrogen and oxygen atoms in total. The van der Waals surface area contributed by atoms with E-state index in [0.29, 0.717) is 0 Å². The summed E-state index contributed by atoms with van der Waals surface area (Å²) in [5.74, 6) is 5.90. The van der Waals surface area contributed by atoms with Gasteiger partial charge in [-0.15, -0.1) is 11.8 Å². The quantitative estimate of drug-likeness (QED) is 0.728. The third-order valence-electron chi connectivity index (χ3n) is 1.92. The Morgan fingerprint density at radius 2 is 2.15 bits per heavy atom. The van der Waals surface area contributed by atoms with E-state index in [0.717, 1.165) is 23.1 Å². The van der Waals surface area contributed by atoms with E-state index in [4.69, 9.17) is 0 Å². The predicted molar refractivity (Wildman–Crippen MR) is 57.5 cm³/mol. The standard InChI is InChI=1S/C10H13BrN2/c1-4-5-6-7-13-9(3)10(11)8(2)12-13/h6-7H2,1-3H3. The lowest BCUT2D eigenvalue weighted by atomic mass is 10.4. The molecule has 0 amide bonds. The smallest absolute Gasteiger partial charge is 0.0738 e. The summed E-state index contributed by atoms with van der Waals surface area (Å²) in [6.45, 7) is 6.79. The van der Waals surface area contributed by atoms with Gasteiger partial charge < -0.3 is 0 Å². The van der Waals surface area contributed by atoms with Crippen molar-refractivity contribution in [2.75, 3.05) is 0 Å². The maximum Gasteiger partial charge on any atom is 0.0738 e. The Morgan fingerprint density at radius 3 is 2.62 bits per heavy atom. The van der Waals surface area contributed by atoms with Gasteiger partial charge in [0.15, 0.2) is 0 Å². The van der Waals surface area contributed by atoms with E-state index in [-0.39, 0.29) is 0 Å². The highest BCUT2D eigenvalue weighted by atomic mass is 79.9. The molecule has 0 bridgehead atoms. The second-order valence-electron chi connectivity index (χ2n) is 2.88. The van der Waals surface area contributed by atoms with E-state index in [2.05, 4.69) is 39.8 Å². The Morgan fingerprint density at radius 1 is 1.46 bits per heavy atom. The van der Waals surface area contributed by atoms with Crippen molar-refractivity contribution in [1.29, 1.82) is 0 Å². The third-order valence-corrected chi connectivity index (χ3v) is 3.07. The Kier molecular flexibility index (Phi) is 3.56. The molecule has 0 saturated carbocycles. The fourth-order valence-electron chi connectivity index (χ4n) is 1.18. The minimum absolute atomic E-state index is 0.866. The second kappa shape index (κ2) is 4.48. The predicted octanol–water partition coefficient (Wildman–Crippen LogP) is 2.68. The second-order valence-corrected chi connectivity index (χ2v) is 3.68. The summed E-state index contributed by atoms with van der Waals surface area (Å²) in [6, 6.07) is 0. The molecule has 70 valence electrons. The number of rotatable bonds is 2. The molecule has 1 aromatic heterocycles. The van der Waals surface area contributed by atoms with Gasteiger partial charge in [0.1, 0.15) is 0 Å². The van der Waals surface area contributed by atoms with Crippen LogP contribution in [-0.2, 0) is 6.54 Å². The van der Waals surface area contributed by atoms with Crippen LogP contribution in [0.1, 0.15) is 24.7 Å². The van der Waals surface area contributed by atoms with Crippen LogP contribution >= 0.6 is 15.9 Å². The maximum absolute atomic E-state index is 4.38. The topological polar surface area (TPSA) is 17.8 Å². The molecule has 1 rings (SSSR count). The van der Waals surface area contributed by atoms with E-state index in [1.165, 1.54) is 5.69 Å². The highest BCUT2D eigenvalue weighted by Gasteiger charge is 2.06. The molecule has 0 aliphatic heterocycles. The summed E-state index contributed by atoms with van der Waals surface area (Å²) in [4.78, 5) is 0. The van der Waals surface area contributed by atoms with Crippen LogP contribution in [0.4, 0.5) is 0 Å². The van der Waals surface area contributed by atoms with Gasteiger partial charge in [-0.2, -0.15) is 5.10 Å². The number of hydrogen-bond acceptors (Lipinski definition) is 1. The molecule has 0 radical (unpaired) electrons. The van der Waals surface area contributed by atoms with Crippen LogP contribution in [0.25, 0.3) is 0 Å². The van der Waals surface area contributed by atoms with E-state index in [1.54, 1.807) is 0 Å². The zero-order chi connectivity index (χ0) is 9.84. The largest absolute Gasteiger partial charge is 0.267 e. The van der Waals surface area contributed by atoms with Gasteiger partial charge in [0.2, 0.25) is 0 Å². The highest BCUT2D eigenvalue weighted by molar-refractivity contribution is 9.10. The summed E-state index contributed by atoms with van der Waals surface area (Å²) in [7, 11) is 0. The van der Waals surface area contributed by atoms with Crippen LogP contribution < -0.4 is 0 Å². The monoisotopic (exact) mass is 240 g/mol. The van der Waals surface area contributed by atoms with Crippen LogP contribution in [0.3, 0.4) is 0 Å². The summed E-state index contributed by atoms with van der Waals surface area (Å²) in [5, 5.41) is 4.38. The zero-order valence-corrected chi connectivity index (χ0v) is 9.77. The van der Waals surface area contributed by atoms with Crippen molar-refractivity contribution in [3.8, 4) is 11.8 Å². The van der Waals surface area contributed by atoms with Crippen molar-refractivity contribution in [3.63, 3.8) is 0 Å². The normalized spacial score (nSPS) is 9.54. The van der Waals surface area contributed by atoms with Crippen LogP contribution in [-0.4, -0.2) is 9.78 Å². The van der Waals surface area contributed by atoms with Crippen LogP contribution in [0.15, 0.2) is 4.47 Å². The van der Waals surface area contributed by atoms with Crippen molar-refractivity contribution >= 4 is 15.9 Å². The van der Waals surface area contributed by atoms with Crippen molar-refractivity contribution < 1.29 is 0 Å².